The van der Waals surface area contributed by atoms with Crippen molar-refractivity contribution in [2.45, 2.75) is 4.90 Å². The van der Waals surface area contributed by atoms with Gasteiger partial charge in [0.2, 0.25) is 0 Å². The zero-order valence-electron chi connectivity index (χ0n) is 11.6. The number of para-hydroxylation sites is 1. The van der Waals surface area contributed by atoms with Crippen molar-refractivity contribution in [3.63, 3.8) is 0 Å². The van der Waals surface area contributed by atoms with Crippen LogP contribution in [-0.2, 0) is 10.1 Å². The standard InChI is InChI=1S/C16H9FN2O3S/c17-14-7-6-13(9-12(14)10-18)23(20,21)22-15-5-1-3-11-4-2-8-19-16(11)15/h1-9H. The van der Waals surface area contributed by atoms with Crippen molar-refractivity contribution in [2.75, 3.05) is 0 Å². The van der Waals surface area contributed by atoms with Crippen molar-refractivity contribution in [3.05, 3.63) is 66.1 Å². The van der Waals surface area contributed by atoms with Crippen molar-refractivity contribution in [3.8, 4) is 11.8 Å². The molecule has 0 spiro atoms. The third-order valence-electron chi connectivity index (χ3n) is 3.14. The number of nitriles is 1. The molecule has 0 radical (unpaired) electrons. The molecule has 5 nitrogen and oxygen atoms in total. The summed E-state index contributed by atoms with van der Waals surface area (Å²) in [4.78, 5) is 3.80. The number of fused-ring (bicyclic) bond motifs is 1. The second-order valence-corrected chi connectivity index (χ2v) is 6.17. The first kappa shape index (κ1) is 14.9. The van der Waals surface area contributed by atoms with Gasteiger partial charge >= 0.3 is 10.1 Å². The third-order valence-corrected chi connectivity index (χ3v) is 4.37. The average molecular weight is 328 g/mol. The van der Waals surface area contributed by atoms with Crippen LogP contribution in [0.1, 0.15) is 5.56 Å². The first-order valence-corrected chi connectivity index (χ1v) is 7.90. The molecule has 0 N–H and O–H groups in total. The Kier molecular flexibility index (Phi) is 3.68. The number of benzene rings is 2. The molecule has 0 saturated heterocycles. The molecular formula is C16H9FN2O3S. The van der Waals surface area contributed by atoms with Crippen LogP contribution >= 0.6 is 0 Å². The molecule has 1 aromatic heterocycles. The highest BCUT2D eigenvalue weighted by Crippen LogP contribution is 2.26. The zero-order valence-corrected chi connectivity index (χ0v) is 12.4. The second-order valence-electron chi connectivity index (χ2n) is 4.62. The molecule has 0 amide bonds. The molecule has 0 bridgehead atoms. The summed E-state index contributed by atoms with van der Waals surface area (Å²) in [6, 6.07) is 12.9. The lowest BCUT2D eigenvalue weighted by Gasteiger charge is -2.09. The molecule has 0 aliphatic heterocycles. The van der Waals surface area contributed by atoms with Crippen LogP contribution in [0.5, 0.6) is 5.75 Å². The molecule has 0 fully saturated rings. The summed E-state index contributed by atoms with van der Waals surface area (Å²) >= 11 is 0. The van der Waals surface area contributed by atoms with E-state index in [0.717, 1.165) is 23.6 Å². The summed E-state index contributed by atoms with van der Waals surface area (Å²) in [5, 5.41) is 9.52. The van der Waals surface area contributed by atoms with Crippen LogP contribution in [-0.4, -0.2) is 13.4 Å². The lowest BCUT2D eigenvalue weighted by atomic mass is 10.2. The average Bonchev–Trinajstić information content (AvgIpc) is 2.55. The van der Waals surface area contributed by atoms with Crippen molar-refractivity contribution in [1.82, 2.24) is 4.98 Å². The number of pyridine rings is 1. The Labute approximate surface area is 131 Å². The molecule has 1 heterocycles. The van der Waals surface area contributed by atoms with Crippen LogP contribution in [0.2, 0.25) is 0 Å². The van der Waals surface area contributed by atoms with E-state index in [1.807, 2.05) is 0 Å². The van der Waals surface area contributed by atoms with Gasteiger partial charge in [-0.15, -0.1) is 0 Å². The summed E-state index contributed by atoms with van der Waals surface area (Å²) < 4.78 is 43.1. The summed E-state index contributed by atoms with van der Waals surface area (Å²) in [5.74, 6) is -0.732. The van der Waals surface area contributed by atoms with Gasteiger partial charge in [-0.2, -0.15) is 13.7 Å². The minimum Gasteiger partial charge on any atom is -0.377 e. The SMILES string of the molecule is N#Cc1cc(S(=O)(=O)Oc2cccc3cccnc23)ccc1F. The predicted molar refractivity (Wildman–Crippen MR) is 80.7 cm³/mol. The van der Waals surface area contributed by atoms with E-state index in [4.69, 9.17) is 9.44 Å². The number of aromatic nitrogens is 1. The van der Waals surface area contributed by atoms with Crippen molar-refractivity contribution in [1.29, 1.82) is 5.26 Å². The number of nitrogens with zero attached hydrogens (tertiary/aromatic N) is 2. The van der Waals surface area contributed by atoms with E-state index in [9.17, 15) is 12.8 Å². The molecule has 7 heteroatoms. The maximum Gasteiger partial charge on any atom is 0.339 e. The van der Waals surface area contributed by atoms with Crippen LogP contribution in [0.25, 0.3) is 10.9 Å². The van der Waals surface area contributed by atoms with Gasteiger partial charge in [-0.3, -0.25) is 4.98 Å². The normalized spacial score (nSPS) is 11.1. The van der Waals surface area contributed by atoms with E-state index in [1.54, 1.807) is 30.3 Å². The number of halogens is 1. The molecular weight excluding hydrogens is 319 g/mol. The maximum atomic E-state index is 13.3. The maximum absolute atomic E-state index is 13.3. The van der Waals surface area contributed by atoms with Gasteiger partial charge in [-0.1, -0.05) is 18.2 Å². The van der Waals surface area contributed by atoms with Crippen molar-refractivity contribution >= 4 is 21.0 Å². The van der Waals surface area contributed by atoms with Gasteiger partial charge in [-0.05, 0) is 30.3 Å². The monoisotopic (exact) mass is 328 g/mol. The molecule has 3 aromatic rings. The largest absolute Gasteiger partial charge is 0.377 e. The molecule has 3 rings (SSSR count). The van der Waals surface area contributed by atoms with E-state index < -0.39 is 15.9 Å². The molecule has 0 aliphatic carbocycles. The predicted octanol–water partition coefficient (Wildman–Crippen LogP) is 3.01. The Morgan fingerprint density at radius 1 is 1.13 bits per heavy atom. The van der Waals surface area contributed by atoms with Gasteiger partial charge in [0.1, 0.15) is 22.3 Å². The summed E-state index contributed by atoms with van der Waals surface area (Å²) in [6.45, 7) is 0. The highest BCUT2D eigenvalue weighted by atomic mass is 32.2. The fourth-order valence-corrected chi connectivity index (χ4v) is 3.02. The van der Waals surface area contributed by atoms with Gasteiger partial charge in [0, 0.05) is 11.6 Å². The number of hydrogen-bond acceptors (Lipinski definition) is 5. The lowest BCUT2D eigenvalue weighted by Crippen LogP contribution is -2.10. The fraction of sp³-hybridized carbons (Fsp3) is 0. The van der Waals surface area contributed by atoms with Gasteiger partial charge in [0.05, 0.1) is 5.56 Å². The highest BCUT2D eigenvalue weighted by molar-refractivity contribution is 7.87. The topological polar surface area (TPSA) is 80.0 Å². The molecule has 23 heavy (non-hydrogen) atoms. The molecule has 0 atom stereocenters. The second kappa shape index (κ2) is 5.66. The Bertz CT molecular complexity index is 1040. The van der Waals surface area contributed by atoms with Crippen molar-refractivity contribution < 1.29 is 17.0 Å². The molecule has 114 valence electrons. The molecule has 0 unspecified atom stereocenters. The molecule has 0 saturated carbocycles. The fourth-order valence-electron chi connectivity index (χ4n) is 2.06. The van der Waals surface area contributed by atoms with E-state index in [2.05, 4.69) is 4.98 Å². The Morgan fingerprint density at radius 2 is 1.91 bits per heavy atom. The van der Waals surface area contributed by atoms with Crippen LogP contribution in [0.4, 0.5) is 4.39 Å². The van der Waals surface area contributed by atoms with E-state index in [1.165, 1.54) is 12.3 Å². The van der Waals surface area contributed by atoms with Crippen LogP contribution in [0, 0.1) is 17.1 Å². The first-order valence-electron chi connectivity index (χ1n) is 6.49. The van der Waals surface area contributed by atoms with Crippen LogP contribution in [0.15, 0.2) is 59.6 Å². The minimum atomic E-state index is -4.21. The first-order chi connectivity index (χ1) is 11.0. The smallest absolute Gasteiger partial charge is 0.339 e. The van der Waals surface area contributed by atoms with E-state index in [-0.39, 0.29) is 16.2 Å². The highest BCUT2D eigenvalue weighted by Gasteiger charge is 2.20. The Morgan fingerprint density at radius 3 is 2.70 bits per heavy atom. The number of rotatable bonds is 3. The van der Waals surface area contributed by atoms with Gasteiger partial charge in [-0.25, -0.2) is 4.39 Å². The van der Waals surface area contributed by atoms with Crippen LogP contribution in [0.3, 0.4) is 0 Å². The summed E-state index contributed by atoms with van der Waals surface area (Å²) in [7, 11) is -4.21. The quantitative estimate of drug-likeness (QED) is 0.690. The third kappa shape index (κ3) is 2.84. The minimum absolute atomic E-state index is 0.0610. The Hall–Kier alpha value is -2.98. The number of hydrogen-bond donors (Lipinski definition) is 0. The summed E-state index contributed by atoms with van der Waals surface area (Å²) in [6.07, 6.45) is 1.52. The lowest BCUT2D eigenvalue weighted by molar-refractivity contribution is 0.488. The van der Waals surface area contributed by atoms with Crippen LogP contribution < -0.4 is 4.18 Å². The van der Waals surface area contributed by atoms with Gasteiger partial charge in [0.15, 0.2) is 5.75 Å². The van der Waals surface area contributed by atoms with Gasteiger partial charge in [0.25, 0.3) is 0 Å². The zero-order chi connectivity index (χ0) is 16.4. The Balaban J connectivity index is 2.06. The van der Waals surface area contributed by atoms with E-state index >= 15 is 0 Å². The van der Waals surface area contributed by atoms with E-state index in [0.29, 0.717) is 5.52 Å². The summed E-state index contributed by atoms with van der Waals surface area (Å²) in [5.41, 5.74) is 0.0203. The van der Waals surface area contributed by atoms with Gasteiger partial charge < -0.3 is 4.18 Å². The molecule has 0 aliphatic rings. The molecule has 2 aromatic carbocycles. The van der Waals surface area contributed by atoms with Crippen molar-refractivity contribution in [2.24, 2.45) is 0 Å².